The molecule has 4 nitrogen and oxygen atoms in total. The highest BCUT2D eigenvalue weighted by molar-refractivity contribution is 6.26. The highest BCUT2D eigenvalue weighted by Crippen LogP contribution is 2.43. The Kier molecular flexibility index (Phi) is 6.99. The van der Waals surface area contributed by atoms with Gasteiger partial charge in [-0.15, -0.1) is 0 Å². The van der Waals surface area contributed by atoms with Gasteiger partial charge in [0.1, 0.15) is 0 Å². The summed E-state index contributed by atoms with van der Waals surface area (Å²) in [6.07, 6.45) is 0. The van der Waals surface area contributed by atoms with Crippen LogP contribution in [0, 0.1) is 0 Å². The van der Waals surface area contributed by atoms with Crippen molar-refractivity contribution in [2.45, 2.75) is 13.8 Å². The predicted molar refractivity (Wildman–Crippen MR) is 205 cm³/mol. The molecule has 4 heteroatoms. The van der Waals surface area contributed by atoms with Crippen LogP contribution in [0.1, 0.15) is 34.6 Å². The van der Waals surface area contributed by atoms with Gasteiger partial charge in [0, 0.05) is 0 Å². The molecular formula is C46H32O4. The van der Waals surface area contributed by atoms with Crippen molar-refractivity contribution in [3.05, 3.63) is 145 Å². The van der Waals surface area contributed by atoms with Gasteiger partial charge < -0.3 is 9.47 Å². The molecule has 0 bridgehead atoms. The van der Waals surface area contributed by atoms with Crippen molar-refractivity contribution >= 4 is 76.6 Å². The quantitative estimate of drug-likeness (QED) is 0.102. The Balaban J connectivity index is 1.34. The zero-order chi connectivity index (χ0) is 33.9. The molecule has 9 rings (SSSR count). The minimum absolute atomic E-state index is 0.221. The smallest absolute Gasteiger partial charge is 0.338 e. The molecule has 0 aliphatic carbocycles. The maximum Gasteiger partial charge on any atom is 0.338 e. The fourth-order valence-corrected chi connectivity index (χ4v) is 7.79. The largest absolute Gasteiger partial charge is 0.462 e. The number of benzene rings is 9. The second kappa shape index (κ2) is 11.7. The summed E-state index contributed by atoms with van der Waals surface area (Å²) >= 11 is 0. The molecule has 9 aromatic rings. The average molecular weight is 649 g/mol. The Morgan fingerprint density at radius 3 is 1.60 bits per heavy atom. The van der Waals surface area contributed by atoms with Crippen LogP contribution in [0.15, 0.2) is 133 Å². The number of rotatable bonds is 6. The maximum absolute atomic E-state index is 13.9. The molecule has 0 fully saturated rings. The van der Waals surface area contributed by atoms with Crippen LogP contribution in [-0.2, 0) is 9.47 Å². The van der Waals surface area contributed by atoms with Crippen LogP contribution in [0.4, 0.5) is 0 Å². The first-order valence-electron chi connectivity index (χ1n) is 17.1. The minimum atomic E-state index is -0.444. The highest BCUT2D eigenvalue weighted by atomic mass is 16.5. The number of carbonyl (C=O) groups is 2. The van der Waals surface area contributed by atoms with E-state index in [0.29, 0.717) is 22.3 Å². The number of hydrogen-bond donors (Lipinski definition) is 0. The number of carbonyl (C=O) groups excluding carboxylic acids is 2. The lowest BCUT2D eigenvalue weighted by atomic mass is 9.85. The molecule has 0 saturated heterocycles. The van der Waals surface area contributed by atoms with Crippen LogP contribution in [-0.4, -0.2) is 25.2 Å². The Morgan fingerprint density at radius 1 is 0.400 bits per heavy atom. The van der Waals surface area contributed by atoms with E-state index in [1.807, 2.05) is 30.3 Å². The molecular weight excluding hydrogens is 617 g/mol. The van der Waals surface area contributed by atoms with Gasteiger partial charge in [0.05, 0.1) is 24.3 Å². The lowest BCUT2D eigenvalue weighted by molar-refractivity contribution is 0.0513. The molecule has 0 spiro atoms. The van der Waals surface area contributed by atoms with Crippen LogP contribution in [0.3, 0.4) is 0 Å². The van der Waals surface area contributed by atoms with Crippen LogP contribution in [0.5, 0.6) is 0 Å². The molecule has 0 radical (unpaired) electrons. The van der Waals surface area contributed by atoms with E-state index in [1.54, 1.807) is 13.8 Å². The summed E-state index contributed by atoms with van der Waals surface area (Å²) in [5, 5.41) is 13.4. The first kappa shape index (κ1) is 29.8. The van der Waals surface area contributed by atoms with Crippen molar-refractivity contribution in [3.8, 4) is 22.3 Å². The van der Waals surface area contributed by atoms with E-state index in [-0.39, 0.29) is 13.2 Å². The second-order valence-corrected chi connectivity index (χ2v) is 12.7. The van der Waals surface area contributed by atoms with E-state index in [0.717, 1.165) is 65.0 Å². The summed E-state index contributed by atoms with van der Waals surface area (Å²) < 4.78 is 11.4. The van der Waals surface area contributed by atoms with Crippen LogP contribution in [0.2, 0.25) is 0 Å². The van der Waals surface area contributed by atoms with Gasteiger partial charge in [0.15, 0.2) is 0 Å². The third-order valence-corrected chi connectivity index (χ3v) is 10.0. The molecule has 9 aromatic carbocycles. The van der Waals surface area contributed by atoms with Gasteiger partial charge in [-0.1, -0.05) is 109 Å². The van der Waals surface area contributed by atoms with E-state index in [4.69, 9.17) is 9.47 Å². The van der Waals surface area contributed by atoms with Crippen LogP contribution >= 0.6 is 0 Å². The van der Waals surface area contributed by atoms with E-state index in [2.05, 4.69) is 103 Å². The fraction of sp³-hybridized carbons (Fsp3) is 0.0870. The monoisotopic (exact) mass is 648 g/mol. The zero-order valence-corrected chi connectivity index (χ0v) is 27.7. The summed E-state index contributed by atoms with van der Waals surface area (Å²) in [7, 11) is 0. The number of esters is 2. The molecule has 0 atom stereocenters. The van der Waals surface area contributed by atoms with Crippen molar-refractivity contribution < 1.29 is 19.1 Å². The standard InChI is InChI=1S/C46H32O4/c1-3-49-45(47)41-26-40(36-20-17-29-16-15-27-11-7-12-28-18-22-37(36)44(29)43(27)28)42(46(48)50-4-2)25-39(41)34-14-8-13-33-35(34)21-19-32-23-30-9-5-6-10-31(30)24-38(32)33/h5-26H,3-4H2,1-2H3. The third kappa shape index (κ3) is 4.60. The van der Waals surface area contributed by atoms with Crippen LogP contribution < -0.4 is 0 Å². The van der Waals surface area contributed by atoms with E-state index in [1.165, 1.54) is 10.8 Å². The lowest BCUT2D eigenvalue weighted by Crippen LogP contribution is -2.12. The van der Waals surface area contributed by atoms with E-state index >= 15 is 0 Å². The number of ether oxygens (including phenoxy) is 2. The van der Waals surface area contributed by atoms with Crippen molar-refractivity contribution in [3.63, 3.8) is 0 Å². The summed E-state index contributed by atoms with van der Waals surface area (Å²) in [4.78, 5) is 27.8. The van der Waals surface area contributed by atoms with Gasteiger partial charge in [-0.2, -0.15) is 0 Å². The molecule has 0 aliphatic rings. The predicted octanol–water partition coefficient (Wildman–Crippen LogP) is 11.7. The summed E-state index contributed by atoms with van der Waals surface area (Å²) in [5.41, 5.74) is 3.74. The van der Waals surface area contributed by atoms with Gasteiger partial charge in [0.2, 0.25) is 0 Å². The van der Waals surface area contributed by atoms with Crippen molar-refractivity contribution in [1.82, 2.24) is 0 Å². The first-order valence-corrected chi connectivity index (χ1v) is 17.1. The Bertz CT molecular complexity index is 2810. The summed E-state index contributed by atoms with van der Waals surface area (Å²) in [6.45, 7) is 4.06. The second-order valence-electron chi connectivity index (χ2n) is 12.7. The number of fused-ring (bicyclic) bond motifs is 4. The van der Waals surface area contributed by atoms with Gasteiger partial charge in [0.25, 0.3) is 0 Å². The lowest BCUT2D eigenvalue weighted by Gasteiger charge is -2.19. The topological polar surface area (TPSA) is 52.6 Å². The minimum Gasteiger partial charge on any atom is -0.462 e. The molecule has 0 unspecified atom stereocenters. The molecule has 50 heavy (non-hydrogen) atoms. The molecule has 0 aromatic heterocycles. The normalized spacial score (nSPS) is 11.7. The fourth-order valence-electron chi connectivity index (χ4n) is 7.79. The van der Waals surface area contributed by atoms with Crippen molar-refractivity contribution in [2.24, 2.45) is 0 Å². The molecule has 0 heterocycles. The summed E-state index contributed by atoms with van der Waals surface area (Å²) in [6, 6.07) is 45.8. The van der Waals surface area contributed by atoms with E-state index in [9.17, 15) is 9.59 Å². The SMILES string of the molecule is CCOC(=O)c1cc(-c2ccc3ccc4cccc5ccc2c3c45)c(C(=O)OCC)cc1-c1cccc2c1ccc1cc3ccccc3cc12. The average Bonchev–Trinajstić information content (AvgIpc) is 3.15. The van der Waals surface area contributed by atoms with Gasteiger partial charge >= 0.3 is 11.9 Å². The van der Waals surface area contributed by atoms with Crippen molar-refractivity contribution in [2.75, 3.05) is 13.2 Å². The van der Waals surface area contributed by atoms with Crippen LogP contribution in [0.25, 0.3) is 86.9 Å². The summed E-state index contributed by atoms with van der Waals surface area (Å²) in [5.74, 6) is -0.886. The molecule has 0 N–H and O–H groups in total. The van der Waals surface area contributed by atoms with E-state index < -0.39 is 11.9 Å². The molecule has 0 aliphatic heterocycles. The van der Waals surface area contributed by atoms with Gasteiger partial charge in [-0.3, -0.25) is 0 Å². The third-order valence-electron chi connectivity index (χ3n) is 10.0. The highest BCUT2D eigenvalue weighted by Gasteiger charge is 2.25. The van der Waals surface area contributed by atoms with Gasteiger partial charge in [-0.05, 0) is 125 Å². The first-order chi connectivity index (χ1) is 24.5. The van der Waals surface area contributed by atoms with Crippen molar-refractivity contribution in [1.29, 1.82) is 0 Å². The zero-order valence-electron chi connectivity index (χ0n) is 27.7. The maximum atomic E-state index is 13.9. The Hall–Kier alpha value is -6.26. The molecule has 240 valence electrons. The molecule has 0 saturated carbocycles. The Morgan fingerprint density at radius 2 is 0.920 bits per heavy atom. The Labute approximate surface area is 288 Å². The van der Waals surface area contributed by atoms with Gasteiger partial charge in [-0.25, -0.2) is 9.59 Å². The molecule has 0 amide bonds. The number of hydrogen-bond acceptors (Lipinski definition) is 4.